The fourth-order valence-corrected chi connectivity index (χ4v) is 0.456. The molecule has 0 heterocycles. The van der Waals surface area contributed by atoms with E-state index in [1.807, 2.05) is 0 Å². The van der Waals surface area contributed by atoms with Crippen molar-refractivity contribution < 1.29 is 13.6 Å². The van der Waals surface area contributed by atoms with Crippen molar-refractivity contribution in [2.24, 2.45) is 10.7 Å². The summed E-state index contributed by atoms with van der Waals surface area (Å²) in [5, 5.41) is 0. The monoisotopic (exact) mass is 176 g/mol. The molecule has 12 heavy (non-hydrogen) atoms. The summed E-state index contributed by atoms with van der Waals surface area (Å²) in [4.78, 5) is 13.5. The highest BCUT2D eigenvalue weighted by molar-refractivity contribution is 6.02. The molecular formula is C7H10F2N2O. The van der Waals surface area contributed by atoms with E-state index < -0.39 is 13.0 Å². The van der Waals surface area contributed by atoms with Crippen molar-refractivity contribution >= 4 is 12.5 Å². The number of nitrogens with zero attached hydrogens (tertiary/aromatic N) is 1. The van der Waals surface area contributed by atoms with Crippen LogP contribution in [0.2, 0.25) is 0 Å². The predicted octanol–water partition coefficient (Wildman–Crippen LogP) is 0.754. The number of nitrogens with two attached hydrogens (primary N) is 1. The highest BCUT2D eigenvalue weighted by Gasteiger charge is 1.98. The second kappa shape index (κ2) is 5.40. The molecular weight excluding hydrogens is 166 g/mol. The minimum absolute atomic E-state index is 0.135. The number of aldehydes is 1. The van der Waals surface area contributed by atoms with Crippen LogP contribution in [-0.2, 0) is 4.79 Å². The lowest BCUT2D eigenvalue weighted by Gasteiger charge is -1.94. The Morgan fingerprint density at radius 1 is 1.67 bits per heavy atom. The van der Waals surface area contributed by atoms with Crippen molar-refractivity contribution in [3.8, 4) is 0 Å². The van der Waals surface area contributed by atoms with Gasteiger partial charge in [0.25, 0.3) is 6.43 Å². The third-order valence-electron chi connectivity index (χ3n) is 1.06. The average Bonchev–Trinajstić information content (AvgIpc) is 1.96. The van der Waals surface area contributed by atoms with Crippen LogP contribution < -0.4 is 5.73 Å². The van der Waals surface area contributed by atoms with E-state index in [9.17, 15) is 13.6 Å². The fourth-order valence-electron chi connectivity index (χ4n) is 0.456. The molecule has 0 atom stereocenters. The fraction of sp³-hybridized carbons (Fsp3) is 0.429. The van der Waals surface area contributed by atoms with Gasteiger partial charge in [0.2, 0.25) is 0 Å². The van der Waals surface area contributed by atoms with Crippen LogP contribution in [0.1, 0.15) is 6.92 Å². The summed E-state index contributed by atoms with van der Waals surface area (Å²) in [6, 6.07) is 0. The molecule has 0 aliphatic heterocycles. The number of allylic oxidation sites excluding steroid dienone is 2. The third-order valence-corrected chi connectivity index (χ3v) is 1.06. The number of alkyl halides is 2. The van der Waals surface area contributed by atoms with Gasteiger partial charge in [0, 0.05) is 11.9 Å². The van der Waals surface area contributed by atoms with Gasteiger partial charge in [-0.2, -0.15) is 0 Å². The van der Waals surface area contributed by atoms with E-state index >= 15 is 0 Å². The summed E-state index contributed by atoms with van der Waals surface area (Å²) >= 11 is 0. The minimum Gasteiger partial charge on any atom is -0.402 e. The van der Waals surface area contributed by atoms with Crippen LogP contribution in [0.3, 0.4) is 0 Å². The number of hydrogen-bond donors (Lipinski definition) is 1. The third kappa shape index (κ3) is 4.54. The smallest absolute Gasteiger partial charge is 0.257 e. The largest absolute Gasteiger partial charge is 0.402 e. The molecule has 0 aliphatic carbocycles. The van der Waals surface area contributed by atoms with Crippen LogP contribution in [0.25, 0.3) is 0 Å². The maximum absolute atomic E-state index is 11.5. The second-order valence-electron chi connectivity index (χ2n) is 2.14. The first-order valence-corrected chi connectivity index (χ1v) is 3.27. The molecule has 0 bridgehead atoms. The Bertz CT molecular complexity index is 207. The molecule has 0 unspecified atom stereocenters. The number of carbonyl (C=O) groups is 1. The Balaban J connectivity index is 4.13. The highest BCUT2D eigenvalue weighted by atomic mass is 19.3. The van der Waals surface area contributed by atoms with Gasteiger partial charge in [0.05, 0.1) is 12.1 Å². The molecule has 0 aromatic heterocycles. The summed E-state index contributed by atoms with van der Waals surface area (Å²) in [5.74, 6) is 0. The van der Waals surface area contributed by atoms with Crippen molar-refractivity contribution in [3.05, 3.63) is 11.3 Å². The first-order chi connectivity index (χ1) is 5.57. The van der Waals surface area contributed by atoms with Crippen LogP contribution in [0.5, 0.6) is 0 Å². The minimum atomic E-state index is -2.49. The molecule has 0 aromatic rings. The quantitative estimate of drug-likeness (QED) is 0.390. The van der Waals surface area contributed by atoms with Crippen molar-refractivity contribution in [2.45, 2.75) is 13.3 Å². The van der Waals surface area contributed by atoms with E-state index in [-0.39, 0.29) is 11.3 Å². The van der Waals surface area contributed by atoms with E-state index in [1.165, 1.54) is 6.92 Å². The molecule has 68 valence electrons. The molecule has 5 heteroatoms. The zero-order valence-corrected chi connectivity index (χ0v) is 6.63. The van der Waals surface area contributed by atoms with E-state index in [0.29, 0.717) is 6.29 Å². The van der Waals surface area contributed by atoms with Gasteiger partial charge in [-0.05, 0) is 6.92 Å². The van der Waals surface area contributed by atoms with Gasteiger partial charge in [-0.25, -0.2) is 8.78 Å². The molecule has 0 spiro atoms. The molecule has 0 radical (unpaired) electrons. The maximum Gasteiger partial charge on any atom is 0.257 e. The number of carbonyl (C=O) groups excluding carboxylic acids is 1. The van der Waals surface area contributed by atoms with Crippen LogP contribution in [0.4, 0.5) is 8.78 Å². The van der Waals surface area contributed by atoms with E-state index in [1.54, 1.807) is 0 Å². The Hall–Kier alpha value is -1.26. The summed E-state index contributed by atoms with van der Waals surface area (Å²) in [6.07, 6.45) is -0.967. The van der Waals surface area contributed by atoms with Crippen LogP contribution in [0, 0.1) is 0 Å². The Morgan fingerprint density at radius 2 is 2.25 bits per heavy atom. The summed E-state index contributed by atoms with van der Waals surface area (Å²) < 4.78 is 23.1. The lowest BCUT2D eigenvalue weighted by molar-refractivity contribution is -0.104. The molecule has 0 rings (SSSR count). The Kier molecular flexibility index (Phi) is 4.83. The molecule has 2 N–H and O–H groups in total. The van der Waals surface area contributed by atoms with Gasteiger partial charge in [0.1, 0.15) is 0 Å². The summed E-state index contributed by atoms with van der Waals surface area (Å²) in [7, 11) is 0. The molecule has 0 aromatic carbocycles. The predicted molar refractivity (Wildman–Crippen MR) is 42.3 cm³/mol. The standard InChI is InChI=1S/C7H10F2N2O/c1-5(10)6(4-12)2-11-3-7(8)9/h2,4,7H,3,10H2,1H3. The van der Waals surface area contributed by atoms with Crippen LogP contribution >= 0.6 is 0 Å². The van der Waals surface area contributed by atoms with E-state index in [2.05, 4.69) is 4.99 Å². The van der Waals surface area contributed by atoms with Gasteiger partial charge in [-0.15, -0.1) is 0 Å². The number of halogens is 2. The van der Waals surface area contributed by atoms with Gasteiger partial charge < -0.3 is 5.73 Å². The van der Waals surface area contributed by atoms with Crippen molar-refractivity contribution in [1.29, 1.82) is 0 Å². The molecule has 0 amide bonds. The topological polar surface area (TPSA) is 55.5 Å². The van der Waals surface area contributed by atoms with Crippen molar-refractivity contribution in [1.82, 2.24) is 0 Å². The van der Waals surface area contributed by atoms with Crippen LogP contribution in [-0.4, -0.2) is 25.5 Å². The van der Waals surface area contributed by atoms with Crippen molar-refractivity contribution in [2.75, 3.05) is 6.54 Å². The van der Waals surface area contributed by atoms with Crippen molar-refractivity contribution in [3.63, 3.8) is 0 Å². The zero-order valence-electron chi connectivity index (χ0n) is 6.63. The molecule has 0 saturated heterocycles. The van der Waals surface area contributed by atoms with E-state index in [0.717, 1.165) is 6.21 Å². The Morgan fingerprint density at radius 3 is 2.58 bits per heavy atom. The number of rotatable bonds is 4. The highest BCUT2D eigenvalue weighted by Crippen LogP contribution is 1.94. The van der Waals surface area contributed by atoms with Gasteiger partial charge >= 0.3 is 0 Å². The van der Waals surface area contributed by atoms with Gasteiger partial charge in [-0.3, -0.25) is 9.79 Å². The molecule has 0 fully saturated rings. The van der Waals surface area contributed by atoms with Gasteiger partial charge in [0.15, 0.2) is 6.29 Å². The molecule has 3 nitrogen and oxygen atoms in total. The molecule has 0 aliphatic rings. The normalized spacial score (nSPS) is 13.7. The zero-order chi connectivity index (χ0) is 9.56. The first kappa shape index (κ1) is 10.7. The van der Waals surface area contributed by atoms with E-state index in [4.69, 9.17) is 5.73 Å². The molecule has 0 saturated carbocycles. The summed E-state index contributed by atoms with van der Waals surface area (Å²) in [6.45, 7) is 0.892. The number of aliphatic imine (C=N–C) groups is 1. The first-order valence-electron chi connectivity index (χ1n) is 3.27. The Labute approximate surface area is 69.0 Å². The average molecular weight is 176 g/mol. The van der Waals surface area contributed by atoms with Gasteiger partial charge in [-0.1, -0.05) is 0 Å². The lowest BCUT2D eigenvalue weighted by atomic mass is 10.2. The summed E-state index contributed by atoms with van der Waals surface area (Å²) in [5.41, 5.74) is 5.64. The van der Waals surface area contributed by atoms with Crippen LogP contribution in [0.15, 0.2) is 16.3 Å². The maximum atomic E-state index is 11.5. The SMILES string of the molecule is CC(N)=C(C=O)C=NCC(F)F. The number of hydrogen-bond acceptors (Lipinski definition) is 3. The second-order valence-corrected chi connectivity index (χ2v) is 2.14. The lowest BCUT2D eigenvalue weighted by Crippen LogP contribution is -2.02.